The molecule has 2 aliphatic heterocycles. The summed E-state index contributed by atoms with van der Waals surface area (Å²) in [5.74, 6) is 1.49. The molecule has 122 valence electrons. The number of hydrogen-bond donors (Lipinski definition) is 1. The molecule has 0 radical (unpaired) electrons. The summed E-state index contributed by atoms with van der Waals surface area (Å²) < 4.78 is 0. The number of ketones is 1. The molecular formula is C19H24N2O2. The van der Waals surface area contributed by atoms with Gasteiger partial charge in [-0.15, -0.1) is 0 Å². The Labute approximate surface area is 137 Å². The van der Waals surface area contributed by atoms with Crippen LogP contribution in [-0.2, 0) is 17.6 Å². The van der Waals surface area contributed by atoms with Crippen LogP contribution >= 0.6 is 0 Å². The minimum atomic E-state index is 0.106. The van der Waals surface area contributed by atoms with E-state index in [-0.39, 0.29) is 11.7 Å². The van der Waals surface area contributed by atoms with Crippen LogP contribution in [0.4, 0.5) is 0 Å². The van der Waals surface area contributed by atoms with Crippen molar-refractivity contribution in [1.82, 2.24) is 10.2 Å². The number of carbonyl (C=O) groups excluding carboxylic acids is 2. The van der Waals surface area contributed by atoms with Crippen molar-refractivity contribution in [2.75, 3.05) is 26.2 Å². The number of nitrogens with zero attached hydrogens (tertiary/aromatic N) is 1. The van der Waals surface area contributed by atoms with Crippen molar-refractivity contribution < 1.29 is 9.59 Å². The summed E-state index contributed by atoms with van der Waals surface area (Å²) >= 11 is 0. The second-order valence-electron chi connectivity index (χ2n) is 7.24. The highest BCUT2D eigenvalue weighted by Gasteiger charge is 2.37. The first kappa shape index (κ1) is 14.9. The molecule has 0 spiro atoms. The van der Waals surface area contributed by atoms with Crippen LogP contribution in [-0.4, -0.2) is 42.8 Å². The normalized spacial score (nSPS) is 25.5. The molecule has 3 aliphatic rings. The molecule has 0 aromatic heterocycles. The van der Waals surface area contributed by atoms with Gasteiger partial charge >= 0.3 is 0 Å². The largest absolute Gasteiger partial charge is 0.342 e. The van der Waals surface area contributed by atoms with E-state index in [9.17, 15) is 9.59 Å². The van der Waals surface area contributed by atoms with Gasteiger partial charge in [-0.2, -0.15) is 0 Å². The van der Waals surface area contributed by atoms with Crippen LogP contribution in [0.1, 0.15) is 40.7 Å². The van der Waals surface area contributed by atoms with Crippen molar-refractivity contribution >= 4 is 11.7 Å². The van der Waals surface area contributed by atoms with Gasteiger partial charge in [-0.25, -0.2) is 0 Å². The minimum Gasteiger partial charge on any atom is -0.342 e. The van der Waals surface area contributed by atoms with Gasteiger partial charge < -0.3 is 10.2 Å². The molecule has 0 saturated carbocycles. The van der Waals surface area contributed by atoms with Crippen LogP contribution in [0.2, 0.25) is 0 Å². The van der Waals surface area contributed by atoms with Crippen molar-refractivity contribution in [2.45, 2.75) is 32.1 Å². The second kappa shape index (κ2) is 6.08. The highest BCUT2D eigenvalue weighted by atomic mass is 16.2. The summed E-state index contributed by atoms with van der Waals surface area (Å²) in [6.07, 6.45) is 4.09. The lowest BCUT2D eigenvalue weighted by Gasteiger charge is -2.17. The molecule has 1 aliphatic carbocycles. The number of aryl methyl sites for hydroxylation is 2. The molecular weight excluding hydrogens is 288 g/mol. The van der Waals surface area contributed by atoms with Gasteiger partial charge in [-0.05, 0) is 48.3 Å². The lowest BCUT2D eigenvalue weighted by molar-refractivity contribution is -0.130. The van der Waals surface area contributed by atoms with Crippen LogP contribution in [0.15, 0.2) is 18.2 Å². The average molecular weight is 312 g/mol. The molecule has 1 aromatic rings. The summed E-state index contributed by atoms with van der Waals surface area (Å²) in [6.45, 7) is 3.79. The van der Waals surface area contributed by atoms with E-state index in [1.165, 1.54) is 17.5 Å². The van der Waals surface area contributed by atoms with Gasteiger partial charge in [0.15, 0.2) is 5.78 Å². The lowest BCUT2D eigenvalue weighted by atomic mass is 10.0. The molecule has 23 heavy (non-hydrogen) atoms. The molecule has 4 heteroatoms. The third kappa shape index (κ3) is 2.92. The Hall–Kier alpha value is -1.68. The Morgan fingerprint density at radius 2 is 1.78 bits per heavy atom. The van der Waals surface area contributed by atoms with Crippen LogP contribution in [0.3, 0.4) is 0 Å². The molecule has 2 saturated heterocycles. The first-order valence-electron chi connectivity index (χ1n) is 8.84. The van der Waals surface area contributed by atoms with Gasteiger partial charge in [-0.1, -0.05) is 12.1 Å². The molecule has 1 amide bonds. The zero-order chi connectivity index (χ0) is 15.8. The molecule has 4 nitrogen and oxygen atoms in total. The number of likely N-dealkylation sites (tertiary alicyclic amines) is 1. The van der Waals surface area contributed by atoms with Crippen molar-refractivity contribution in [3.63, 3.8) is 0 Å². The Bertz CT molecular complexity index is 628. The monoisotopic (exact) mass is 312 g/mol. The summed E-state index contributed by atoms with van der Waals surface area (Å²) in [7, 11) is 0. The van der Waals surface area contributed by atoms with Gasteiger partial charge in [-0.3, -0.25) is 9.59 Å². The molecule has 1 aromatic carbocycles. The van der Waals surface area contributed by atoms with E-state index in [1.807, 2.05) is 17.0 Å². The number of nitrogens with one attached hydrogen (secondary N) is 1. The van der Waals surface area contributed by atoms with E-state index in [4.69, 9.17) is 0 Å². The molecule has 4 rings (SSSR count). The SMILES string of the molecule is O=C(CCC(=O)N1C[C@H]2CNC[C@H]2C1)c1ccc2c(c1)CCC2. The number of hydrogen-bond acceptors (Lipinski definition) is 3. The number of rotatable bonds is 4. The molecule has 0 bridgehead atoms. The minimum absolute atomic E-state index is 0.106. The number of carbonyl (C=O) groups is 2. The lowest BCUT2D eigenvalue weighted by Crippen LogP contribution is -2.32. The van der Waals surface area contributed by atoms with Gasteiger partial charge in [0.05, 0.1) is 0 Å². The fourth-order valence-electron chi connectivity index (χ4n) is 4.33. The zero-order valence-corrected chi connectivity index (χ0v) is 13.5. The zero-order valence-electron chi connectivity index (χ0n) is 13.5. The fraction of sp³-hybridized carbons (Fsp3) is 0.579. The summed E-state index contributed by atoms with van der Waals surface area (Å²) in [6, 6.07) is 6.07. The van der Waals surface area contributed by atoms with Crippen LogP contribution in [0.25, 0.3) is 0 Å². The van der Waals surface area contributed by atoms with Crippen molar-refractivity contribution in [2.24, 2.45) is 11.8 Å². The standard InChI is InChI=1S/C19H24N2O2/c22-18(15-5-4-13-2-1-3-14(13)8-15)6-7-19(23)21-11-16-9-20-10-17(16)12-21/h4-5,8,16-17,20H,1-3,6-7,9-12H2/t16-,17+. The number of Topliss-reactive ketones (excluding diaryl/α,β-unsaturated/α-hetero) is 1. The first-order valence-corrected chi connectivity index (χ1v) is 8.84. The summed E-state index contributed by atoms with van der Waals surface area (Å²) in [5, 5.41) is 3.38. The maximum Gasteiger partial charge on any atom is 0.223 e. The Kier molecular flexibility index (Phi) is 3.93. The van der Waals surface area contributed by atoms with Gasteiger partial charge in [0.2, 0.25) is 5.91 Å². The van der Waals surface area contributed by atoms with Crippen molar-refractivity contribution in [3.05, 3.63) is 34.9 Å². The van der Waals surface area contributed by atoms with Gasteiger partial charge in [0, 0.05) is 44.6 Å². The second-order valence-corrected chi connectivity index (χ2v) is 7.24. The smallest absolute Gasteiger partial charge is 0.223 e. The molecule has 2 heterocycles. The highest BCUT2D eigenvalue weighted by Crippen LogP contribution is 2.27. The highest BCUT2D eigenvalue weighted by molar-refractivity contribution is 5.98. The van der Waals surface area contributed by atoms with Crippen molar-refractivity contribution in [3.8, 4) is 0 Å². The molecule has 1 N–H and O–H groups in total. The Morgan fingerprint density at radius 3 is 2.57 bits per heavy atom. The molecule has 2 fully saturated rings. The molecule has 0 unspecified atom stereocenters. The maximum absolute atomic E-state index is 12.4. The third-order valence-corrected chi connectivity index (χ3v) is 5.73. The van der Waals surface area contributed by atoms with E-state index in [2.05, 4.69) is 11.4 Å². The third-order valence-electron chi connectivity index (χ3n) is 5.73. The number of amides is 1. The summed E-state index contributed by atoms with van der Waals surface area (Å²) in [5.41, 5.74) is 3.48. The topological polar surface area (TPSA) is 49.4 Å². The molecule has 2 atom stereocenters. The van der Waals surface area contributed by atoms with E-state index >= 15 is 0 Å². The fourth-order valence-corrected chi connectivity index (χ4v) is 4.33. The van der Waals surface area contributed by atoms with Gasteiger partial charge in [0.25, 0.3) is 0 Å². The van der Waals surface area contributed by atoms with E-state index in [1.54, 1.807) is 0 Å². The van der Waals surface area contributed by atoms with Crippen molar-refractivity contribution in [1.29, 1.82) is 0 Å². The summed E-state index contributed by atoms with van der Waals surface area (Å²) in [4.78, 5) is 26.7. The number of benzene rings is 1. The predicted molar refractivity (Wildman–Crippen MR) is 88.5 cm³/mol. The van der Waals surface area contributed by atoms with E-state index < -0.39 is 0 Å². The van der Waals surface area contributed by atoms with Crippen LogP contribution < -0.4 is 5.32 Å². The van der Waals surface area contributed by atoms with E-state index in [0.717, 1.165) is 44.6 Å². The average Bonchev–Trinajstić information content (AvgIpc) is 3.25. The maximum atomic E-state index is 12.4. The van der Waals surface area contributed by atoms with E-state index in [0.29, 0.717) is 24.7 Å². The van der Waals surface area contributed by atoms with Gasteiger partial charge in [0.1, 0.15) is 0 Å². The van der Waals surface area contributed by atoms with Crippen LogP contribution in [0, 0.1) is 11.8 Å². The number of fused-ring (bicyclic) bond motifs is 2. The predicted octanol–water partition coefficient (Wildman–Crippen LogP) is 1.82. The van der Waals surface area contributed by atoms with Crippen LogP contribution in [0.5, 0.6) is 0 Å². The quantitative estimate of drug-likeness (QED) is 0.863. The Morgan fingerprint density at radius 1 is 1.04 bits per heavy atom. The first-order chi connectivity index (χ1) is 11.2. The Balaban J connectivity index is 1.32.